The molecule has 8 heteroatoms. The molecular formula is C27H23FN4O2S. The first kappa shape index (κ1) is 22.9. The van der Waals surface area contributed by atoms with E-state index in [-0.39, 0.29) is 23.2 Å². The maximum atomic E-state index is 13.5. The first-order valence-electron chi connectivity index (χ1n) is 11.2. The number of amides is 1. The number of phenolic OH excluding ortho intramolecular Hbond substituents is 1. The minimum atomic E-state index is -0.316. The predicted molar refractivity (Wildman–Crippen MR) is 135 cm³/mol. The Morgan fingerprint density at radius 3 is 2.34 bits per heavy atom. The number of carbonyl (C=O) groups is 1. The number of aromatic hydroxyl groups is 1. The summed E-state index contributed by atoms with van der Waals surface area (Å²) in [4.78, 5) is 14.8. The molecule has 1 N–H and O–H groups in total. The highest BCUT2D eigenvalue weighted by Gasteiger charge is 2.21. The van der Waals surface area contributed by atoms with E-state index in [0.29, 0.717) is 24.1 Å². The van der Waals surface area contributed by atoms with Crippen LogP contribution in [0.2, 0.25) is 0 Å². The first-order valence-corrected chi connectivity index (χ1v) is 12.2. The molecule has 0 radical (unpaired) electrons. The van der Waals surface area contributed by atoms with E-state index >= 15 is 0 Å². The molecule has 0 saturated carbocycles. The summed E-state index contributed by atoms with van der Waals surface area (Å²) in [6, 6.07) is 22.9. The van der Waals surface area contributed by atoms with E-state index in [1.165, 1.54) is 29.5 Å². The van der Waals surface area contributed by atoms with Crippen LogP contribution >= 0.6 is 11.8 Å². The molecule has 176 valence electrons. The Morgan fingerprint density at radius 2 is 1.66 bits per heavy atom. The Labute approximate surface area is 206 Å². The van der Waals surface area contributed by atoms with E-state index in [9.17, 15) is 14.3 Å². The molecule has 0 aliphatic carbocycles. The van der Waals surface area contributed by atoms with Crippen molar-refractivity contribution in [2.24, 2.45) is 0 Å². The van der Waals surface area contributed by atoms with Crippen molar-refractivity contribution in [3.8, 4) is 22.8 Å². The summed E-state index contributed by atoms with van der Waals surface area (Å²) >= 11 is 1.34. The first-order chi connectivity index (χ1) is 17.1. The van der Waals surface area contributed by atoms with Crippen molar-refractivity contribution in [3.05, 3.63) is 96.3 Å². The van der Waals surface area contributed by atoms with Crippen molar-refractivity contribution < 1.29 is 14.3 Å². The van der Waals surface area contributed by atoms with Crippen LogP contribution in [0.15, 0.2) is 90.1 Å². The van der Waals surface area contributed by atoms with Gasteiger partial charge in [0, 0.05) is 24.3 Å². The van der Waals surface area contributed by atoms with Crippen molar-refractivity contribution >= 4 is 23.2 Å². The second kappa shape index (κ2) is 10.1. The number of thioether (sulfide) groups is 1. The van der Waals surface area contributed by atoms with Crippen LogP contribution in [0.1, 0.15) is 12.0 Å². The average Bonchev–Trinajstić information content (AvgIpc) is 3.33. The van der Waals surface area contributed by atoms with Gasteiger partial charge in [-0.2, -0.15) is 0 Å². The van der Waals surface area contributed by atoms with Crippen LogP contribution in [0.25, 0.3) is 22.6 Å². The fourth-order valence-electron chi connectivity index (χ4n) is 4.01. The lowest BCUT2D eigenvalue weighted by Crippen LogP contribution is -2.35. The van der Waals surface area contributed by atoms with Crippen LogP contribution in [0, 0.1) is 5.82 Å². The fraction of sp³-hybridized carbons (Fsp3) is 0.148. The molecule has 2 heterocycles. The minimum Gasteiger partial charge on any atom is -0.508 e. The van der Waals surface area contributed by atoms with Crippen molar-refractivity contribution in [1.82, 2.24) is 19.7 Å². The maximum Gasteiger partial charge on any atom is 0.233 e. The van der Waals surface area contributed by atoms with E-state index in [1.807, 2.05) is 51.9 Å². The average molecular weight is 487 g/mol. The summed E-state index contributed by atoms with van der Waals surface area (Å²) in [7, 11) is 0. The molecule has 0 fully saturated rings. The van der Waals surface area contributed by atoms with Gasteiger partial charge in [0.25, 0.3) is 0 Å². The molecule has 1 aliphatic rings. The van der Waals surface area contributed by atoms with Crippen LogP contribution in [-0.4, -0.2) is 49.5 Å². The highest BCUT2D eigenvalue weighted by atomic mass is 32.2. The Bertz CT molecular complexity index is 1350. The zero-order chi connectivity index (χ0) is 24.2. The monoisotopic (exact) mass is 486 g/mol. The topological polar surface area (TPSA) is 71.2 Å². The van der Waals surface area contributed by atoms with Crippen molar-refractivity contribution in [1.29, 1.82) is 0 Å². The molecule has 1 amide bonds. The van der Waals surface area contributed by atoms with Gasteiger partial charge in [-0.15, -0.1) is 10.2 Å². The Morgan fingerprint density at radius 1 is 0.943 bits per heavy atom. The molecule has 1 aliphatic heterocycles. The second-order valence-electron chi connectivity index (χ2n) is 8.14. The smallest absolute Gasteiger partial charge is 0.233 e. The highest BCUT2D eigenvalue weighted by molar-refractivity contribution is 7.99. The third-order valence-corrected chi connectivity index (χ3v) is 6.79. The SMILES string of the molecule is O=C(CSc1nnc(-c2ccc(F)cc2)n1-c1ccccc1)N1CC=C(c2ccc(O)cc2)CC1. The van der Waals surface area contributed by atoms with Gasteiger partial charge < -0.3 is 10.0 Å². The summed E-state index contributed by atoms with van der Waals surface area (Å²) in [5, 5.41) is 18.8. The number of aromatic nitrogens is 3. The summed E-state index contributed by atoms with van der Waals surface area (Å²) in [6.45, 7) is 1.18. The summed E-state index contributed by atoms with van der Waals surface area (Å²) in [5.41, 5.74) is 3.85. The standard InChI is InChI=1S/C27H23FN4O2S/c28-22-10-6-21(7-11-22)26-29-30-27(32(26)23-4-2-1-3-5-23)35-18-25(34)31-16-14-20(15-17-31)19-8-12-24(33)13-9-19/h1-14,33H,15-18H2. The van der Waals surface area contributed by atoms with E-state index in [4.69, 9.17) is 0 Å². The Hall–Kier alpha value is -3.91. The van der Waals surface area contributed by atoms with Gasteiger partial charge in [0.1, 0.15) is 11.6 Å². The molecular weight excluding hydrogens is 463 g/mol. The van der Waals surface area contributed by atoms with Crippen molar-refractivity contribution in [3.63, 3.8) is 0 Å². The van der Waals surface area contributed by atoms with Crippen molar-refractivity contribution in [2.45, 2.75) is 11.6 Å². The van der Waals surface area contributed by atoms with Gasteiger partial charge in [0.05, 0.1) is 5.75 Å². The number of para-hydroxylation sites is 1. The van der Waals surface area contributed by atoms with Gasteiger partial charge in [-0.3, -0.25) is 9.36 Å². The number of benzene rings is 3. The van der Waals surface area contributed by atoms with Gasteiger partial charge in [0.15, 0.2) is 11.0 Å². The quantitative estimate of drug-likeness (QED) is 0.380. The zero-order valence-electron chi connectivity index (χ0n) is 18.8. The summed E-state index contributed by atoms with van der Waals surface area (Å²) in [5.74, 6) is 0.776. The molecule has 35 heavy (non-hydrogen) atoms. The maximum absolute atomic E-state index is 13.5. The number of hydrogen-bond acceptors (Lipinski definition) is 5. The van der Waals surface area contributed by atoms with Crippen LogP contribution in [-0.2, 0) is 4.79 Å². The molecule has 3 aromatic carbocycles. The fourth-order valence-corrected chi connectivity index (χ4v) is 4.86. The van der Waals surface area contributed by atoms with Crippen LogP contribution in [0.5, 0.6) is 5.75 Å². The molecule has 6 nitrogen and oxygen atoms in total. The van der Waals surface area contributed by atoms with E-state index in [1.54, 1.807) is 24.3 Å². The number of phenols is 1. The van der Waals surface area contributed by atoms with E-state index in [2.05, 4.69) is 16.3 Å². The van der Waals surface area contributed by atoms with Gasteiger partial charge in [-0.1, -0.05) is 48.2 Å². The lowest BCUT2D eigenvalue weighted by molar-refractivity contribution is -0.127. The third kappa shape index (κ3) is 5.12. The summed E-state index contributed by atoms with van der Waals surface area (Å²) in [6.07, 6.45) is 2.83. The van der Waals surface area contributed by atoms with Gasteiger partial charge in [-0.25, -0.2) is 4.39 Å². The van der Waals surface area contributed by atoms with Crippen LogP contribution in [0.3, 0.4) is 0 Å². The van der Waals surface area contributed by atoms with E-state index < -0.39 is 0 Å². The zero-order valence-corrected chi connectivity index (χ0v) is 19.7. The van der Waals surface area contributed by atoms with Gasteiger partial charge >= 0.3 is 0 Å². The predicted octanol–water partition coefficient (Wildman–Crippen LogP) is 5.19. The Kier molecular flexibility index (Phi) is 6.63. The number of nitrogens with zero attached hydrogens (tertiary/aromatic N) is 4. The molecule has 1 aromatic heterocycles. The largest absolute Gasteiger partial charge is 0.508 e. The molecule has 0 spiro atoms. The number of halogens is 1. The van der Waals surface area contributed by atoms with Crippen LogP contribution in [0.4, 0.5) is 4.39 Å². The lowest BCUT2D eigenvalue weighted by atomic mass is 9.99. The minimum absolute atomic E-state index is 0.0296. The molecule has 0 saturated heterocycles. The van der Waals surface area contributed by atoms with E-state index in [0.717, 1.165) is 23.2 Å². The number of carbonyl (C=O) groups excluding carboxylic acids is 1. The number of hydrogen-bond donors (Lipinski definition) is 1. The highest BCUT2D eigenvalue weighted by Crippen LogP contribution is 2.29. The third-order valence-electron chi connectivity index (χ3n) is 5.87. The molecule has 0 unspecified atom stereocenters. The van der Waals surface area contributed by atoms with Crippen molar-refractivity contribution in [2.75, 3.05) is 18.8 Å². The second-order valence-corrected chi connectivity index (χ2v) is 9.08. The molecule has 0 bridgehead atoms. The molecule has 5 rings (SSSR count). The van der Waals surface area contributed by atoms with Gasteiger partial charge in [0.2, 0.25) is 5.91 Å². The lowest BCUT2D eigenvalue weighted by Gasteiger charge is -2.26. The number of rotatable bonds is 6. The molecule has 0 atom stereocenters. The summed E-state index contributed by atoms with van der Waals surface area (Å²) < 4.78 is 15.3. The normalized spacial score (nSPS) is 13.5. The van der Waals surface area contributed by atoms with Gasteiger partial charge in [-0.05, 0) is 66.1 Å². The van der Waals surface area contributed by atoms with Crippen LogP contribution < -0.4 is 0 Å². The Balaban J connectivity index is 1.31. The molecule has 4 aromatic rings.